The van der Waals surface area contributed by atoms with Crippen LogP contribution < -0.4 is 0 Å². The minimum Gasteiger partial charge on any atom is -0.481 e. The number of aryl methyl sites for hydroxylation is 2. The molecule has 5 heteroatoms. The molecule has 1 fully saturated rings. The third-order valence-corrected chi connectivity index (χ3v) is 6.16. The van der Waals surface area contributed by atoms with Gasteiger partial charge >= 0.3 is 5.97 Å². The number of carboxylic acids is 1. The van der Waals surface area contributed by atoms with Gasteiger partial charge in [-0.1, -0.05) is 19.3 Å². The molecule has 0 radical (unpaired) electrons. The number of rotatable bonds is 5. The van der Waals surface area contributed by atoms with Gasteiger partial charge in [-0.3, -0.25) is 9.69 Å². The summed E-state index contributed by atoms with van der Waals surface area (Å²) in [5, 5.41) is 10.4. The van der Waals surface area contributed by atoms with Gasteiger partial charge in [-0.15, -0.1) is 11.3 Å². The molecule has 0 bridgehead atoms. The van der Waals surface area contributed by atoms with Crippen LogP contribution >= 0.6 is 11.3 Å². The predicted molar refractivity (Wildman–Crippen MR) is 85.8 cm³/mol. The predicted octanol–water partition coefficient (Wildman–Crippen LogP) is 3.93. The third kappa shape index (κ3) is 3.46. The second-order valence-electron chi connectivity index (χ2n) is 6.32. The monoisotopic (exact) mass is 310 g/mol. The van der Waals surface area contributed by atoms with Crippen molar-refractivity contribution in [2.45, 2.75) is 70.9 Å². The molecule has 0 aromatic carbocycles. The maximum Gasteiger partial charge on any atom is 0.305 e. The SMILES string of the molecule is Cc1nc(C)c(C(C)N(C)C2(CC(=O)O)CCCCC2)s1. The minimum atomic E-state index is -0.687. The number of hydrogen-bond donors (Lipinski definition) is 1. The Balaban J connectivity index is 2.26. The normalized spacial score (nSPS) is 19.7. The molecule has 118 valence electrons. The lowest BCUT2D eigenvalue weighted by Crippen LogP contribution is -2.50. The van der Waals surface area contributed by atoms with Crippen LogP contribution in [-0.2, 0) is 4.79 Å². The molecule has 1 aromatic heterocycles. The molecular formula is C16H26N2O2S. The Morgan fingerprint density at radius 3 is 2.48 bits per heavy atom. The van der Waals surface area contributed by atoms with Crippen molar-refractivity contribution < 1.29 is 9.90 Å². The van der Waals surface area contributed by atoms with Crippen LogP contribution in [0.25, 0.3) is 0 Å². The van der Waals surface area contributed by atoms with Gasteiger partial charge in [0.2, 0.25) is 0 Å². The van der Waals surface area contributed by atoms with Gasteiger partial charge < -0.3 is 5.11 Å². The largest absolute Gasteiger partial charge is 0.481 e. The highest BCUT2D eigenvalue weighted by Crippen LogP contribution is 2.41. The van der Waals surface area contributed by atoms with Crippen LogP contribution in [0, 0.1) is 13.8 Å². The van der Waals surface area contributed by atoms with E-state index in [1.54, 1.807) is 11.3 Å². The number of carboxylic acid groups (broad SMARTS) is 1. The minimum absolute atomic E-state index is 0.201. The highest BCUT2D eigenvalue weighted by molar-refractivity contribution is 7.11. The second kappa shape index (κ2) is 6.44. The molecule has 1 atom stereocenters. The molecule has 1 saturated carbocycles. The van der Waals surface area contributed by atoms with Gasteiger partial charge in [0.05, 0.1) is 17.1 Å². The van der Waals surface area contributed by atoms with Crippen LogP contribution in [-0.4, -0.2) is 33.5 Å². The second-order valence-corrected chi connectivity index (χ2v) is 7.56. The first-order valence-corrected chi connectivity index (χ1v) is 8.56. The molecule has 0 amide bonds. The lowest BCUT2D eigenvalue weighted by atomic mass is 9.77. The van der Waals surface area contributed by atoms with Gasteiger partial charge in [0.1, 0.15) is 0 Å². The topological polar surface area (TPSA) is 53.4 Å². The van der Waals surface area contributed by atoms with E-state index in [1.807, 2.05) is 13.8 Å². The van der Waals surface area contributed by atoms with Crippen LogP contribution in [0.5, 0.6) is 0 Å². The van der Waals surface area contributed by atoms with Crippen LogP contribution in [0.1, 0.15) is 67.1 Å². The Morgan fingerprint density at radius 2 is 2.00 bits per heavy atom. The molecule has 1 unspecified atom stereocenters. The summed E-state index contributed by atoms with van der Waals surface area (Å²) >= 11 is 1.73. The zero-order valence-electron chi connectivity index (χ0n) is 13.5. The van der Waals surface area contributed by atoms with E-state index >= 15 is 0 Å². The molecule has 1 N–H and O–H groups in total. The zero-order chi connectivity index (χ0) is 15.6. The van der Waals surface area contributed by atoms with E-state index < -0.39 is 5.97 Å². The van der Waals surface area contributed by atoms with Crippen molar-refractivity contribution in [3.8, 4) is 0 Å². The summed E-state index contributed by atoms with van der Waals surface area (Å²) < 4.78 is 0. The Bertz CT molecular complexity index is 506. The third-order valence-electron chi connectivity index (χ3n) is 4.91. The van der Waals surface area contributed by atoms with Crippen molar-refractivity contribution >= 4 is 17.3 Å². The standard InChI is InChI=1S/C16H26N2O2S/c1-11-15(21-13(3)17-11)12(2)18(4)16(10-14(19)20)8-6-5-7-9-16/h12H,5-10H2,1-4H3,(H,19,20). The Kier molecular flexibility index (Phi) is 5.04. The molecule has 1 aromatic rings. The van der Waals surface area contributed by atoms with Crippen molar-refractivity contribution in [1.82, 2.24) is 9.88 Å². The molecule has 0 spiro atoms. The van der Waals surface area contributed by atoms with Gasteiger partial charge in [0, 0.05) is 16.5 Å². The first kappa shape index (κ1) is 16.4. The lowest BCUT2D eigenvalue weighted by molar-refractivity contribution is -0.141. The Hall–Kier alpha value is -0.940. The number of hydrogen-bond acceptors (Lipinski definition) is 4. The number of aliphatic carboxylic acids is 1. The number of carbonyl (C=O) groups is 1. The van der Waals surface area contributed by atoms with Gasteiger partial charge in [-0.25, -0.2) is 4.98 Å². The van der Waals surface area contributed by atoms with Crippen molar-refractivity contribution in [1.29, 1.82) is 0 Å². The van der Waals surface area contributed by atoms with Crippen LogP contribution in [0.2, 0.25) is 0 Å². The highest BCUT2D eigenvalue weighted by atomic mass is 32.1. The van der Waals surface area contributed by atoms with Crippen molar-refractivity contribution in [3.63, 3.8) is 0 Å². The van der Waals surface area contributed by atoms with Crippen LogP contribution in [0.3, 0.4) is 0 Å². The average Bonchev–Trinajstić information content (AvgIpc) is 2.76. The van der Waals surface area contributed by atoms with Gasteiger partial charge in [-0.2, -0.15) is 0 Å². The summed E-state index contributed by atoms with van der Waals surface area (Å²) in [7, 11) is 2.09. The van der Waals surface area contributed by atoms with Gasteiger partial charge in [0.25, 0.3) is 0 Å². The van der Waals surface area contributed by atoms with Crippen molar-refractivity contribution in [2.24, 2.45) is 0 Å². The van der Waals surface area contributed by atoms with E-state index in [4.69, 9.17) is 0 Å². The number of thiazole rings is 1. The van der Waals surface area contributed by atoms with E-state index in [2.05, 4.69) is 23.9 Å². The van der Waals surface area contributed by atoms with Gasteiger partial charge in [-0.05, 0) is 40.7 Å². The Morgan fingerprint density at radius 1 is 1.38 bits per heavy atom. The molecule has 4 nitrogen and oxygen atoms in total. The summed E-state index contributed by atoms with van der Waals surface area (Å²) in [5.41, 5.74) is 0.881. The molecule has 1 aliphatic carbocycles. The molecule has 1 heterocycles. The summed E-state index contributed by atoms with van der Waals surface area (Å²) in [4.78, 5) is 19.5. The van der Waals surface area contributed by atoms with E-state index in [0.717, 1.165) is 36.4 Å². The van der Waals surface area contributed by atoms with E-state index in [1.165, 1.54) is 11.3 Å². The Labute approximate surface area is 131 Å². The van der Waals surface area contributed by atoms with Crippen molar-refractivity contribution in [3.05, 3.63) is 15.6 Å². The van der Waals surface area contributed by atoms with E-state index in [0.29, 0.717) is 0 Å². The quantitative estimate of drug-likeness (QED) is 0.895. The average molecular weight is 310 g/mol. The number of aromatic nitrogens is 1. The maximum absolute atomic E-state index is 11.4. The fourth-order valence-electron chi connectivity index (χ4n) is 3.67. The van der Waals surface area contributed by atoms with Crippen LogP contribution in [0.4, 0.5) is 0 Å². The molecule has 0 saturated heterocycles. The number of nitrogens with zero attached hydrogens (tertiary/aromatic N) is 2. The fraction of sp³-hybridized carbons (Fsp3) is 0.750. The summed E-state index contributed by atoms with van der Waals surface area (Å²) in [6, 6.07) is 0.216. The highest BCUT2D eigenvalue weighted by Gasteiger charge is 2.40. The van der Waals surface area contributed by atoms with Crippen LogP contribution in [0.15, 0.2) is 0 Å². The molecule has 21 heavy (non-hydrogen) atoms. The first-order valence-electron chi connectivity index (χ1n) is 7.74. The molecule has 0 aliphatic heterocycles. The maximum atomic E-state index is 11.4. The summed E-state index contributed by atoms with van der Waals surface area (Å²) in [5.74, 6) is -0.687. The summed E-state index contributed by atoms with van der Waals surface area (Å²) in [6.45, 7) is 6.26. The zero-order valence-corrected chi connectivity index (χ0v) is 14.3. The molecule has 2 rings (SSSR count). The van der Waals surface area contributed by atoms with Gasteiger partial charge in [0.15, 0.2) is 0 Å². The smallest absolute Gasteiger partial charge is 0.305 e. The van der Waals surface area contributed by atoms with E-state index in [9.17, 15) is 9.90 Å². The molecule has 1 aliphatic rings. The van der Waals surface area contributed by atoms with Crippen molar-refractivity contribution in [2.75, 3.05) is 7.05 Å². The molecular weight excluding hydrogens is 284 g/mol. The lowest BCUT2D eigenvalue weighted by Gasteiger charge is -2.46. The summed E-state index contributed by atoms with van der Waals surface area (Å²) in [6.07, 6.45) is 5.69. The fourth-order valence-corrected chi connectivity index (χ4v) is 4.69. The first-order chi connectivity index (χ1) is 9.85. The van der Waals surface area contributed by atoms with E-state index in [-0.39, 0.29) is 18.0 Å².